The molecule has 0 aliphatic heterocycles. The summed E-state index contributed by atoms with van der Waals surface area (Å²) in [7, 11) is -0.216. The van der Waals surface area contributed by atoms with Crippen LogP contribution in [0.2, 0.25) is 10.0 Å². The molecule has 1 aliphatic carbocycles. The van der Waals surface area contributed by atoms with Crippen LogP contribution in [-0.2, 0) is 16.6 Å². The standard InChI is InChI=1S/C14H20Cl2N2O2S/c1-17-8-11-12(15)6-7-13(14(11)16)21(19,20)18(2)9-10-4-3-5-10/h6-7,10,17H,3-5,8-9H2,1-2H3. The summed E-state index contributed by atoms with van der Waals surface area (Å²) in [5, 5.41) is 3.62. The van der Waals surface area contributed by atoms with E-state index < -0.39 is 10.0 Å². The Morgan fingerprint density at radius 1 is 1.33 bits per heavy atom. The lowest BCUT2D eigenvalue weighted by Gasteiger charge is -2.30. The number of nitrogens with zero attached hydrogens (tertiary/aromatic N) is 1. The van der Waals surface area contributed by atoms with Gasteiger partial charge in [-0.05, 0) is 37.9 Å². The minimum atomic E-state index is -3.58. The molecular formula is C14H20Cl2N2O2S. The average Bonchev–Trinajstić information content (AvgIpc) is 2.38. The normalized spacial score (nSPS) is 16.2. The minimum absolute atomic E-state index is 0.126. The molecule has 118 valence electrons. The van der Waals surface area contributed by atoms with Crippen molar-refractivity contribution in [1.82, 2.24) is 9.62 Å². The molecule has 1 N–H and O–H groups in total. The van der Waals surface area contributed by atoms with Crippen molar-refractivity contribution in [1.29, 1.82) is 0 Å². The van der Waals surface area contributed by atoms with Gasteiger partial charge in [0, 0.05) is 30.7 Å². The van der Waals surface area contributed by atoms with Gasteiger partial charge < -0.3 is 5.32 Å². The van der Waals surface area contributed by atoms with E-state index in [4.69, 9.17) is 23.2 Å². The molecule has 0 atom stereocenters. The van der Waals surface area contributed by atoms with Crippen LogP contribution in [-0.4, -0.2) is 33.4 Å². The average molecular weight is 351 g/mol. The molecule has 0 radical (unpaired) electrons. The van der Waals surface area contributed by atoms with Crippen LogP contribution in [0.4, 0.5) is 0 Å². The second-order valence-electron chi connectivity index (χ2n) is 5.45. The molecule has 0 bridgehead atoms. The van der Waals surface area contributed by atoms with Gasteiger partial charge in [0.05, 0.1) is 5.02 Å². The summed E-state index contributed by atoms with van der Waals surface area (Å²) in [6.45, 7) is 0.968. The van der Waals surface area contributed by atoms with E-state index in [1.807, 2.05) is 0 Å². The Balaban J connectivity index is 2.32. The molecule has 0 amide bonds. The quantitative estimate of drug-likeness (QED) is 0.857. The molecular weight excluding hydrogens is 331 g/mol. The van der Waals surface area contributed by atoms with Crippen molar-refractivity contribution in [2.24, 2.45) is 5.92 Å². The maximum Gasteiger partial charge on any atom is 0.244 e. The lowest BCUT2D eigenvalue weighted by molar-refractivity contribution is 0.263. The first-order valence-electron chi connectivity index (χ1n) is 6.95. The van der Waals surface area contributed by atoms with Gasteiger partial charge in [0.15, 0.2) is 0 Å². The van der Waals surface area contributed by atoms with Crippen LogP contribution >= 0.6 is 23.2 Å². The van der Waals surface area contributed by atoms with Crippen molar-refractivity contribution in [2.45, 2.75) is 30.7 Å². The van der Waals surface area contributed by atoms with Gasteiger partial charge in [-0.15, -0.1) is 0 Å². The largest absolute Gasteiger partial charge is 0.316 e. The fraction of sp³-hybridized carbons (Fsp3) is 0.571. The summed E-state index contributed by atoms with van der Waals surface area (Å²) in [4.78, 5) is 0.126. The van der Waals surface area contributed by atoms with Gasteiger partial charge in [0.1, 0.15) is 4.90 Å². The molecule has 2 rings (SSSR count). The van der Waals surface area contributed by atoms with Crippen LogP contribution < -0.4 is 5.32 Å². The van der Waals surface area contributed by atoms with Crippen molar-refractivity contribution in [3.63, 3.8) is 0 Å². The summed E-state index contributed by atoms with van der Waals surface area (Å²) in [6.07, 6.45) is 3.38. The molecule has 0 spiro atoms. The van der Waals surface area contributed by atoms with E-state index >= 15 is 0 Å². The van der Waals surface area contributed by atoms with E-state index in [-0.39, 0.29) is 9.92 Å². The van der Waals surface area contributed by atoms with Crippen molar-refractivity contribution < 1.29 is 8.42 Å². The third-order valence-electron chi connectivity index (χ3n) is 3.93. The summed E-state index contributed by atoms with van der Waals surface area (Å²) in [6, 6.07) is 3.07. The van der Waals surface area contributed by atoms with Gasteiger partial charge in [0.25, 0.3) is 0 Å². The molecule has 1 aromatic carbocycles. The van der Waals surface area contributed by atoms with E-state index in [1.165, 1.54) is 16.8 Å². The zero-order chi connectivity index (χ0) is 15.6. The Bertz CT molecular complexity index is 616. The number of hydrogen-bond acceptors (Lipinski definition) is 3. The highest BCUT2D eigenvalue weighted by Crippen LogP contribution is 2.34. The minimum Gasteiger partial charge on any atom is -0.316 e. The Morgan fingerprint density at radius 2 is 2.00 bits per heavy atom. The van der Waals surface area contributed by atoms with E-state index in [0.717, 1.165) is 12.8 Å². The van der Waals surface area contributed by atoms with Crippen LogP contribution in [0.1, 0.15) is 24.8 Å². The summed E-state index contributed by atoms with van der Waals surface area (Å²) in [5.41, 5.74) is 0.610. The molecule has 0 heterocycles. The first-order valence-corrected chi connectivity index (χ1v) is 9.15. The van der Waals surface area contributed by atoms with Crippen molar-refractivity contribution in [3.05, 3.63) is 27.7 Å². The Hall–Kier alpha value is -0.330. The van der Waals surface area contributed by atoms with E-state index in [0.29, 0.717) is 29.6 Å². The van der Waals surface area contributed by atoms with Crippen molar-refractivity contribution in [3.8, 4) is 0 Å². The topological polar surface area (TPSA) is 49.4 Å². The maximum atomic E-state index is 12.7. The highest BCUT2D eigenvalue weighted by molar-refractivity contribution is 7.89. The molecule has 0 saturated heterocycles. The second kappa shape index (κ2) is 6.84. The molecule has 7 heteroatoms. The third-order valence-corrected chi connectivity index (χ3v) is 6.70. The Kier molecular flexibility index (Phi) is 5.54. The van der Waals surface area contributed by atoms with Gasteiger partial charge in [-0.25, -0.2) is 12.7 Å². The molecule has 21 heavy (non-hydrogen) atoms. The van der Waals surface area contributed by atoms with Crippen LogP contribution in [0.25, 0.3) is 0 Å². The highest BCUT2D eigenvalue weighted by atomic mass is 35.5. The molecule has 4 nitrogen and oxygen atoms in total. The van der Waals surface area contributed by atoms with Crippen LogP contribution in [0, 0.1) is 5.92 Å². The third kappa shape index (κ3) is 3.54. The van der Waals surface area contributed by atoms with Gasteiger partial charge in [-0.3, -0.25) is 0 Å². The predicted molar refractivity (Wildman–Crippen MR) is 86.4 cm³/mol. The zero-order valence-electron chi connectivity index (χ0n) is 12.2. The number of rotatable bonds is 6. The molecule has 0 aromatic heterocycles. The van der Waals surface area contributed by atoms with E-state index in [1.54, 1.807) is 20.2 Å². The SMILES string of the molecule is CNCc1c(Cl)ccc(S(=O)(=O)N(C)CC2CCC2)c1Cl. The summed E-state index contributed by atoms with van der Waals surface area (Å²) in [5.74, 6) is 0.465. The lowest BCUT2D eigenvalue weighted by atomic mass is 9.86. The van der Waals surface area contributed by atoms with Gasteiger partial charge >= 0.3 is 0 Å². The Morgan fingerprint density at radius 3 is 2.52 bits per heavy atom. The van der Waals surface area contributed by atoms with Gasteiger partial charge in [0.2, 0.25) is 10.0 Å². The maximum absolute atomic E-state index is 12.7. The van der Waals surface area contributed by atoms with Crippen LogP contribution in [0.5, 0.6) is 0 Å². The second-order valence-corrected chi connectivity index (χ2v) is 8.25. The zero-order valence-corrected chi connectivity index (χ0v) is 14.5. The molecule has 1 saturated carbocycles. The fourth-order valence-corrected chi connectivity index (χ4v) is 4.55. The van der Waals surface area contributed by atoms with Crippen molar-refractivity contribution >= 4 is 33.2 Å². The van der Waals surface area contributed by atoms with E-state index in [2.05, 4.69) is 5.32 Å². The number of hydrogen-bond donors (Lipinski definition) is 1. The van der Waals surface area contributed by atoms with Gasteiger partial charge in [-0.1, -0.05) is 29.6 Å². The summed E-state index contributed by atoms with van der Waals surface area (Å²) >= 11 is 12.4. The van der Waals surface area contributed by atoms with Crippen LogP contribution in [0.15, 0.2) is 17.0 Å². The molecule has 0 unspecified atom stereocenters. The van der Waals surface area contributed by atoms with Crippen molar-refractivity contribution in [2.75, 3.05) is 20.6 Å². The monoisotopic (exact) mass is 350 g/mol. The molecule has 1 aromatic rings. The first-order chi connectivity index (χ1) is 9.87. The smallest absolute Gasteiger partial charge is 0.244 e. The van der Waals surface area contributed by atoms with Gasteiger partial charge in [-0.2, -0.15) is 0 Å². The number of sulfonamides is 1. The lowest BCUT2D eigenvalue weighted by Crippen LogP contribution is -2.34. The number of nitrogens with one attached hydrogen (secondary N) is 1. The predicted octanol–water partition coefficient (Wildman–Crippen LogP) is 3.13. The first kappa shape index (κ1) is 17.0. The Labute approximate surface area is 136 Å². The number of halogens is 2. The number of benzene rings is 1. The highest BCUT2D eigenvalue weighted by Gasteiger charge is 2.29. The fourth-order valence-electron chi connectivity index (χ4n) is 2.42. The summed E-state index contributed by atoms with van der Waals surface area (Å²) < 4.78 is 26.7. The molecule has 1 fully saturated rings. The van der Waals surface area contributed by atoms with Crippen LogP contribution in [0.3, 0.4) is 0 Å². The van der Waals surface area contributed by atoms with E-state index in [9.17, 15) is 8.42 Å². The molecule has 1 aliphatic rings.